The first-order chi connectivity index (χ1) is 7.65. The summed E-state index contributed by atoms with van der Waals surface area (Å²) >= 11 is 4.14. The Morgan fingerprint density at radius 2 is 1.88 bits per heavy atom. The minimum absolute atomic E-state index is 0.203. The second-order valence-corrected chi connectivity index (χ2v) is 7.80. The Morgan fingerprint density at radius 3 is 2.44 bits per heavy atom. The Balaban J connectivity index is 2.27. The Morgan fingerprint density at radius 1 is 1.19 bits per heavy atom. The molecule has 1 heterocycles. The molecule has 1 aliphatic heterocycles. The van der Waals surface area contributed by atoms with Gasteiger partial charge in [-0.15, -0.1) is 23.5 Å². The van der Waals surface area contributed by atoms with E-state index in [1.165, 1.54) is 23.5 Å². The summed E-state index contributed by atoms with van der Waals surface area (Å²) in [5.41, 5.74) is 1.41. The van der Waals surface area contributed by atoms with Gasteiger partial charge in [0.25, 0.3) is 0 Å². The average molecular weight is 256 g/mol. The van der Waals surface area contributed by atoms with Crippen LogP contribution in [-0.4, -0.2) is 21.4 Å². The van der Waals surface area contributed by atoms with Crippen LogP contribution in [0.3, 0.4) is 0 Å². The molecule has 0 radical (unpaired) electrons. The lowest BCUT2D eigenvalue weighted by Gasteiger charge is -2.42. The predicted octanol–water partition coefficient (Wildman–Crippen LogP) is 3.89. The number of allylic oxidation sites excluding steroid dienone is 1. The fourth-order valence-electron chi connectivity index (χ4n) is 2.50. The van der Waals surface area contributed by atoms with Gasteiger partial charge in [0.1, 0.15) is 0 Å². The van der Waals surface area contributed by atoms with Crippen LogP contribution in [0.5, 0.6) is 0 Å². The highest BCUT2D eigenvalue weighted by Gasteiger charge is 2.41. The summed E-state index contributed by atoms with van der Waals surface area (Å²) in [5, 5.41) is 0. The van der Waals surface area contributed by atoms with E-state index in [9.17, 15) is 4.79 Å². The van der Waals surface area contributed by atoms with Gasteiger partial charge in [-0.2, -0.15) is 0 Å². The van der Waals surface area contributed by atoms with Crippen molar-refractivity contribution < 1.29 is 4.79 Å². The lowest BCUT2D eigenvalue weighted by atomic mass is 9.91. The number of carbonyl (C=O) groups is 1. The van der Waals surface area contributed by atoms with E-state index >= 15 is 0 Å². The zero-order valence-electron chi connectivity index (χ0n) is 10.1. The third-order valence-corrected chi connectivity index (χ3v) is 7.35. The zero-order valence-corrected chi connectivity index (χ0v) is 11.8. The summed E-state index contributed by atoms with van der Waals surface area (Å²) in [6, 6.07) is 0. The number of hydrogen-bond acceptors (Lipinski definition) is 3. The summed E-state index contributed by atoms with van der Waals surface area (Å²) in [7, 11) is 0. The molecule has 2 aliphatic rings. The molecule has 0 aromatic heterocycles. The van der Waals surface area contributed by atoms with Crippen LogP contribution in [0.4, 0.5) is 0 Å². The summed E-state index contributed by atoms with van der Waals surface area (Å²) in [4.78, 5) is 11.6. The molecule has 0 N–H and O–H groups in total. The van der Waals surface area contributed by atoms with Gasteiger partial charge in [-0.05, 0) is 48.3 Å². The lowest BCUT2D eigenvalue weighted by molar-refractivity contribution is -0.115. The Labute approximate surface area is 107 Å². The number of thioether (sulfide) groups is 2. The van der Waals surface area contributed by atoms with E-state index < -0.39 is 0 Å². The summed E-state index contributed by atoms with van der Waals surface area (Å²) in [5.74, 6) is 3.45. The molecule has 0 bridgehead atoms. The highest BCUT2D eigenvalue weighted by Crippen LogP contribution is 2.53. The van der Waals surface area contributed by atoms with Crippen molar-refractivity contribution in [2.45, 2.75) is 43.6 Å². The normalized spacial score (nSPS) is 25.7. The maximum atomic E-state index is 11.6. The van der Waals surface area contributed by atoms with Crippen LogP contribution in [0.25, 0.3) is 0 Å². The van der Waals surface area contributed by atoms with Gasteiger partial charge in [-0.25, -0.2) is 0 Å². The Kier molecular flexibility index (Phi) is 4.06. The maximum absolute atomic E-state index is 11.6. The number of rotatable bonds is 2. The molecule has 2 rings (SSSR count). The first kappa shape index (κ1) is 12.6. The highest BCUT2D eigenvalue weighted by atomic mass is 32.2. The van der Waals surface area contributed by atoms with Crippen LogP contribution in [-0.2, 0) is 4.79 Å². The fraction of sp³-hybridized carbons (Fsp3) is 0.769. The molecule has 1 nitrogen and oxygen atoms in total. The summed E-state index contributed by atoms with van der Waals surface area (Å²) < 4.78 is 0.203. The smallest absolute Gasteiger partial charge is 0.155 e. The first-order valence-corrected chi connectivity index (χ1v) is 8.14. The van der Waals surface area contributed by atoms with Crippen molar-refractivity contribution in [2.75, 3.05) is 11.5 Å². The molecule has 90 valence electrons. The van der Waals surface area contributed by atoms with Gasteiger partial charge in [0.2, 0.25) is 0 Å². The van der Waals surface area contributed by atoms with E-state index in [0.29, 0.717) is 11.7 Å². The van der Waals surface area contributed by atoms with E-state index in [-0.39, 0.29) is 4.08 Å². The van der Waals surface area contributed by atoms with Crippen molar-refractivity contribution in [3.05, 3.63) is 11.6 Å². The minimum atomic E-state index is 0.203. The van der Waals surface area contributed by atoms with Crippen LogP contribution in [0.1, 0.15) is 39.5 Å². The van der Waals surface area contributed by atoms with Crippen LogP contribution < -0.4 is 0 Å². The van der Waals surface area contributed by atoms with E-state index in [1.807, 2.05) is 6.08 Å². The van der Waals surface area contributed by atoms with E-state index in [1.54, 1.807) is 0 Å². The van der Waals surface area contributed by atoms with Gasteiger partial charge >= 0.3 is 0 Å². The molecule has 0 unspecified atom stereocenters. The van der Waals surface area contributed by atoms with Gasteiger partial charge in [0, 0.05) is 6.42 Å². The Bertz CT molecular complexity index is 301. The molecule has 1 aliphatic carbocycles. The molecule has 0 spiro atoms. The molecule has 1 fully saturated rings. The van der Waals surface area contributed by atoms with E-state index in [2.05, 4.69) is 37.4 Å². The van der Waals surface area contributed by atoms with Gasteiger partial charge < -0.3 is 0 Å². The van der Waals surface area contributed by atoms with Crippen LogP contribution in [0.2, 0.25) is 0 Å². The maximum Gasteiger partial charge on any atom is 0.155 e. The number of hydrogen-bond donors (Lipinski definition) is 0. The predicted molar refractivity (Wildman–Crippen MR) is 74.0 cm³/mol. The first-order valence-electron chi connectivity index (χ1n) is 6.17. The molecule has 1 saturated heterocycles. The number of ketones is 1. The number of carbonyl (C=O) groups excluding carboxylic acids is 1. The largest absolute Gasteiger partial charge is 0.295 e. The monoisotopic (exact) mass is 256 g/mol. The fourth-order valence-corrected chi connectivity index (χ4v) is 6.06. The standard InChI is InChI=1S/C13H20OS2/c1-10(2)13(15-7-4-8-16-13)11-5-3-6-12(14)9-11/h9-10H,3-8H2,1-2H3. The second kappa shape index (κ2) is 5.18. The zero-order chi connectivity index (χ0) is 11.6. The molecule has 3 heteroatoms. The Hall–Kier alpha value is 0.110. The highest BCUT2D eigenvalue weighted by molar-refractivity contribution is 8.19. The van der Waals surface area contributed by atoms with Crippen molar-refractivity contribution in [3.8, 4) is 0 Å². The lowest BCUT2D eigenvalue weighted by Crippen LogP contribution is -2.35. The minimum Gasteiger partial charge on any atom is -0.295 e. The van der Waals surface area contributed by atoms with Crippen molar-refractivity contribution in [1.82, 2.24) is 0 Å². The van der Waals surface area contributed by atoms with Gasteiger partial charge in [0.15, 0.2) is 5.78 Å². The average Bonchev–Trinajstić information content (AvgIpc) is 2.30. The van der Waals surface area contributed by atoms with Gasteiger partial charge in [-0.1, -0.05) is 13.8 Å². The quantitative estimate of drug-likeness (QED) is 0.746. The molecule has 16 heavy (non-hydrogen) atoms. The second-order valence-electron chi connectivity index (χ2n) is 4.86. The molecule has 0 aromatic carbocycles. The van der Waals surface area contributed by atoms with Crippen LogP contribution in [0, 0.1) is 5.92 Å². The molecule has 0 atom stereocenters. The van der Waals surface area contributed by atoms with Crippen molar-refractivity contribution in [2.24, 2.45) is 5.92 Å². The third kappa shape index (κ3) is 2.35. The van der Waals surface area contributed by atoms with Crippen molar-refractivity contribution in [3.63, 3.8) is 0 Å². The van der Waals surface area contributed by atoms with Crippen LogP contribution >= 0.6 is 23.5 Å². The van der Waals surface area contributed by atoms with Crippen molar-refractivity contribution in [1.29, 1.82) is 0 Å². The van der Waals surface area contributed by atoms with E-state index in [4.69, 9.17) is 0 Å². The SMILES string of the molecule is CC(C)C1(C2=CC(=O)CCC2)SCCCS1. The van der Waals surface area contributed by atoms with Gasteiger partial charge in [0.05, 0.1) is 4.08 Å². The summed E-state index contributed by atoms with van der Waals surface area (Å²) in [6.07, 6.45) is 6.21. The molecule has 0 aromatic rings. The molecule has 0 amide bonds. The molecular weight excluding hydrogens is 236 g/mol. The summed E-state index contributed by atoms with van der Waals surface area (Å²) in [6.45, 7) is 4.59. The third-order valence-electron chi connectivity index (χ3n) is 3.33. The molecular formula is C13H20OS2. The topological polar surface area (TPSA) is 17.1 Å². The van der Waals surface area contributed by atoms with E-state index in [0.717, 1.165) is 19.3 Å². The van der Waals surface area contributed by atoms with Crippen molar-refractivity contribution >= 4 is 29.3 Å². The van der Waals surface area contributed by atoms with Gasteiger partial charge in [-0.3, -0.25) is 4.79 Å². The molecule has 0 saturated carbocycles. The van der Waals surface area contributed by atoms with Crippen LogP contribution in [0.15, 0.2) is 11.6 Å².